The number of benzene rings is 5. The highest BCUT2D eigenvalue weighted by Crippen LogP contribution is 2.57. The molecule has 0 bridgehead atoms. The van der Waals surface area contributed by atoms with Crippen LogP contribution < -0.4 is 14.4 Å². The maximum Gasteiger partial charge on any atom is 0.343 e. The standard InChI is InChI=1S/C35H25N3O6/c1-38(2)24-13-11-23(12-14-24)37-36-22-9-7-21(8-10-22)33(40)42-26-16-18-30-32(20-26)43-31-19-25(39)15-17-29(31)35(30)28-6-4-3-5-27(28)34(41)44-35/h3-20,39H,1-2H3. The Morgan fingerprint density at radius 1 is 0.773 bits per heavy atom. The lowest BCUT2D eigenvalue weighted by molar-refractivity contribution is 0.0224. The Hall–Kier alpha value is -5.96. The highest BCUT2D eigenvalue weighted by molar-refractivity contribution is 5.97. The van der Waals surface area contributed by atoms with E-state index in [1.165, 1.54) is 12.1 Å². The third kappa shape index (κ3) is 4.51. The van der Waals surface area contributed by atoms with E-state index in [0.29, 0.717) is 50.7 Å². The average Bonchev–Trinajstić information content (AvgIpc) is 3.32. The highest BCUT2D eigenvalue weighted by Gasteiger charge is 2.53. The number of aromatic hydroxyl groups is 1. The van der Waals surface area contributed by atoms with Crippen molar-refractivity contribution in [1.82, 2.24) is 0 Å². The number of nitrogens with zero attached hydrogens (tertiary/aromatic N) is 3. The van der Waals surface area contributed by atoms with E-state index in [4.69, 9.17) is 14.2 Å². The lowest BCUT2D eigenvalue weighted by atomic mass is 9.77. The largest absolute Gasteiger partial charge is 0.508 e. The predicted octanol–water partition coefficient (Wildman–Crippen LogP) is 7.66. The van der Waals surface area contributed by atoms with Gasteiger partial charge in [-0.15, -0.1) is 0 Å². The van der Waals surface area contributed by atoms with Crippen LogP contribution in [0.25, 0.3) is 0 Å². The number of carbonyl (C=O) groups is 2. The van der Waals surface area contributed by atoms with Crippen molar-refractivity contribution in [1.29, 1.82) is 0 Å². The Bertz CT molecular complexity index is 1970. The monoisotopic (exact) mass is 583 g/mol. The molecule has 1 atom stereocenters. The summed E-state index contributed by atoms with van der Waals surface area (Å²) in [5.74, 6) is -0.166. The van der Waals surface area contributed by atoms with Gasteiger partial charge in [-0.2, -0.15) is 10.2 Å². The minimum atomic E-state index is -1.29. The first-order valence-electron chi connectivity index (χ1n) is 13.8. The van der Waals surface area contributed by atoms with E-state index >= 15 is 0 Å². The summed E-state index contributed by atoms with van der Waals surface area (Å²) in [5.41, 5.74) is 3.65. The fourth-order valence-electron chi connectivity index (χ4n) is 5.47. The van der Waals surface area contributed by atoms with E-state index in [-0.39, 0.29) is 11.5 Å². The number of hydrogen-bond donors (Lipinski definition) is 1. The Morgan fingerprint density at radius 3 is 2.11 bits per heavy atom. The van der Waals surface area contributed by atoms with Gasteiger partial charge in [0.25, 0.3) is 0 Å². The van der Waals surface area contributed by atoms with Crippen molar-refractivity contribution in [2.24, 2.45) is 10.2 Å². The molecular formula is C35H25N3O6. The number of azo groups is 1. The van der Waals surface area contributed by atoms with Crippen LogP contribution in [0.1, 0.15) is 37.4 Å². The summed E-state index contributed by atoms with van der Waals surface area (Å²) < 4.78 is 17.9. The van der Waals surface area contributed by atoms with Crippen molar-refractivity contribution in [3.63, 3.8) is 0 Å². The molecule has 5 aromatic carbocycles. The van der Waals surface area contributed by atoms with Crippen molar-refractivity contribution in [3.8, 4) is 23.0 Å². The second kappa shape index (κ2) is 10.4. The van der Waals surface area contributed by atoms with E-state index in [2.05, 4.69) is 10.2 Å². The molecule has 44 heavy (non-hydrogen) atoms. The van der Waals surface area contributed by atoms with Gasteiger partial charge in [0.05, 0.1) is 22.5 Å². The fourth-order valence-corrected chi connectivity index (χ4v) is 5.47. The van der Waals surface area contributed by atoms with Crippen LogP contribution in [0.4, 0.5) is 17.1 Å². The SMILES string of the molecule is CN(C)c1ccc(N=Nc2ccc(C(=O)Oc3ccc4c(c3)Oc3cc(O)ccc3C43OC(=O)c4ccccc43)cc2)cc1. The molecule has 0 aromatic heterocycles. The van der Waals surface area contributed by atoms with Crippen LogP contribution in [-0.2, 0) is 10.3 Å². The molecule has 9 heteroatoms. The zero-order valence-electron chi connectivity index (χ0n) is 23.7. The van der Waals surface area contributed by atoms with Gasteiger partial charge in [0.15, 0.2) is 5.60 Å². The molecule has 0 radical (unpaired) electrons. The molecule has 2 aliphatic heterocycles. The first-order chi connectivity index (χ1) is 21.3. The summed E-state index contributed by atoms with van der Waals surface area (Å²) in [5, 5.41) is 18.7. The zero-order chi connectivity index (χ0) is 30.4. The Balaban J connectivity index is 1.14. The maximum absolute atomic E-state index is 13.0. The summed E-state index contributed by atoms with van der Waals surface area (Å²) in [4.78, 5) is 28.0. The number of carbonyl (C=O) groups excluding carboxylic acids is 2. The smallest absolute Gasteiger partial charge is 0.343 e. The van der Waals surface area contributed by atoms with Crippen LogP contribution in [0, 0.1) is 0 Å². The molecule has 2 aliphatic rings. The average molecular weight is 584 g/mol. The van der Waals surface area contributed by atoms with Crippen LogP contribution in [0.15, 0.2) is 119 Å². The summed E-state index contributed by atoms with van der Waals surface area (Å²) in [6, 6.07) is 31.0. The number of hydrogen-bond acceptors (Lipinski definition) is 9. The Kier molecular flexibility index (Phi) is 6.36. The first-order valence-corrected chi connectivity index (χ1v) is 13.8. The fraction of sp³-hybridized carbons (Fsp3) is 0.0857. The second-order valence-corrected chi connectivity index (χ2v) is 10.6. The minimum Gasteiger partial charge on any atom is -0.508 e. The molecule has 9 nitrogen and oxygen atoms in total. The van der Waals surface area contributed by atoms with E-state index in [1.807, 2.05) is 55.4 Å². The first kappa shape index (κ1) is 26.9. The number of anilines is 1. The molecule has 0 aliphatic carbocycles. The van der Waals surface area contributed by atoms with Crippen molar-refractivity contribution in [2.45, 2.75) is 5.60 Å². The quantitative estimate of drug-likeness (QED) is 0.128. The van der Waals surface area contributed by atoms with Crippen molar-refractivity contribution < 1.29 is 28.9 Å². The summed E-state index contributed by atoms with van der Waals surface area (Å²) in [7, 11) is 3.94. The summed E-state index contributed by atoms with van der Waals surface area (Å²) >= 11 is 0. The molecule has 1 unspecified atom stereocenters. The zero-order valence-corrected chi connectivity index (χ0v) is 23.7. The molecular weight excluding hydrogens is 558 g/mol. The van der Waals surface area contributed by atoms with Crippen molar-refractivity contribution in [3.05, 3.63) is 137 Å². The number of phenolic OH excluding ortho intramolecular Hbond substituents is 1. The van der Waals surface area contributed by atoms with E-state index in [9.17, 15) is 14.7 Å². The van der Waals surface area contributed by atoms with Gasteiger partial charge >= 0.3 is 11.9 Å². The van der Waals surface area contributed by atoms with Crippen LogP contribution >= 0.6 is 0 Å². The summed E-state index contributed by atoms with van der Waals surface area (Å²) in [6.45, 7) is 0. The maximum atomic E-state index is 13.0. The lowest BCUT2D eigenvalue weighted by Gasteiger charge is -2.36. The van der Waals surface area contributed by atoms with E-state index < -0.39 is 17.5 Å². The minimum absolute atomic E-state index is 0.00671. The Morgan fingerprint density at radius 2 is 1.41 bits per heavy atom. The number of esters is 2. The molecule has 5 aromatic rings. The van der Waals surface area contributed by atoms with Gasteiger partial charge in [-0.1, -0.05) is 18.2 Å². The van der Waals surface area contributed by atoms with Crippen molar-refractivity contribution >= 4 is 29.0 Å². The third-order valence-electron chi connectivity index (χ3n) is 7.63. The molecule has 216 valence electrons. The molecule has 7 rings (SSSR count). The van der Waals surface area contributed by atoms with Gasteiger partial charge in [0.1, 0.15) is 23.0 Å². The molecule has 1 spiro atoms. The molecule has 0 amide bonds. The lowest BCUT2D eigenvalue weighted by Crippen LogP contribution is -2.33. The summed E-state index contributed by atoms with van der Waals surface area (Å²) in [6.07, 6.45) is 0. The molecule has 1 N–H and O–H groups in total. The van der Waals surface area contributed by atoms with Crippen LogP contribution in [0.5, 0.6) is 23.0 Å². The number of rotatable bonds is 5. The van der Waals surface area contributed by atoms with E-state index in [0.717, 1.165) is 5.69 Å². The van der Waals surface area contributed by atoms with Crippen LogP contribution in [0.2, 0.25) is 0 Å². The van der Waals surface area contributed by atoms with Gasteiger partial charge in [-0.3, -0.25) is 0 Å². The van der Waals surface area contributed by atoms with Crippen LogP contribution in [0.3, 0.4) is 0 Å². The molecule has 0 saturated heterocycles. The van der Waals surface area contributed by atoms with Gasteiger partial charge in [0.2, 0.25) is 0 Å². The van der Waals surface area contributed by atoms with Gasteiger partial charge in [-0.05, 0) is 78.9 Å². The third-order valence-corrected chi connectivity index (χ3v) is 7.63. The van der Waals surface area contributed by atoms with Crippen LogP contribution in [-0.4, -0.2) is 31.1 Å². The number of ether oxygens (including phenoxy) is 3. The van der Waals surface area contributed by atoms with Crippen molar-refractivity contribution in [2.75, 3.05) is 19.0 Å². The molecule has 0 saturated carbocycles. The number of fused-ring (bicyclic) bond motifs is 6. The number of phenols is 1. The van der Waals surface area contributed by atoms with E-state index in [1.54, 1.807) is 60.7 Å². The second-order valence-electron chi connectivity index (χ2n) is 10.6. The topological polar surface area (TPSA) is 110 Å². The predicted molar refractivity (Wildman–Crippen MR) is 163 cm³/mol. The van der Waals surface area contributed by atoms with Gasteiger partial charge in [0, 0.05) is 48.6 Å². The van der Waals surface area contributed by atoms with Gasteiger partial charge < -0.3 is 24.2 Å². The van der Waals surface area contributed by atoms with Gasteiger partial charge in [-0.25, -0.2) is 9.59 Å². The molecule has 2 heterocycles. The Labute approximate surface area is 252 Å². The molecule has 0 fully saturated rings. The normalized spacial score (nSPS) is 16.1. The highest BCUT2D eigenvalue weighted by atomic mass is 16.6.